The Morgan fingerprint density at radius 1 is 0.428 bits per heavy atom. The third kappa shape index (κ3) is 23.7. The van der Waals surface area contributed by atoms with Crippen molar-refractivity contribution in [2.45, 2.75) is 76.8 Å². The maximum absolute atomic E-state index is 13.1. The number of sulfone groups is 1. The second kappa shape index (κ2) is 44.9. The normalized spacial score (nSPS) is 13.8. The maximum atomic E-state index is 13.1. The highest BCUT2D eigenvalue weighted by atomic mass is 35.5. The summed E-state index contributed by atoms with van der Waals surface area (Å²) in [5, 5.41) is 55.7. The second-order valence-electron chi connectivity index (χ2n) is 32.8. The number of imide groups is 2. The van der Waals surface area contributed by atoms with Crippen LogP contribution in [0.3, 0.4) is 0 Å². The number of carbonyl (C=O) groups is 9. The molecule has 0 aliphatic carbocycles. The molecule has 0 radical (unpaired) electrons. The quantitative estimate of drug-likeness (QED) is 0.00987. The Balaban J connectivity index is 0.000000149. The predicted molar refractivity (Wildman–Crippen MR) is 554 cm³/mol. The number of hydrogen-bond acceptors (Lipinski definition) is 20. The first kappa shape index (κ1) is 107. The van der Waals surface area contributed by atoms with Crippen LogP contribution in [0.5, 0.6) is 23.5 Å². The number of aromatic amines is 3. The molecule has 11 N–H and O–H groups in total. The van der Waals surface area contributed by atoms with Gasteiger partial charge in [0.1, 0.15) is 5.54 Å². The van der Waals surface area contributed by atoms with E-state index >= 15 is 0 Å². The number of carbonyl (C=O) groups excluding carboxylic acids is 8. The van der Waals surface area contributed by atoms with Crippen LogP contribution in [-0.2, 0) is 41.4 Å². The van der Waals surface area contributed by atoms with Crippen molar-refractivity contribution in [3.8, 4) is 68.5 Å². The summed E-state index contributed by atoms with van der Waals surface area (Å²) >= 11 is 19.5. The van der Waals surface area contributed by atoms with E-state index in [0.29, 0.717) is 140 Å². The number of carboxylic acids is 1. The van der Waals surface area contributed by atoms with Crippen molar-refractivity contribution in [1.82, 2.24) is 34.6 Å². The van der Waals surface area contributed by atoms with E-state index in [0.717, 1.165) is 48.6 Å². The van der Waals surface area contributed by atoms with Crippen LogP contribution >= 0.6 is 46.6 Å². The van der Waals surface area contributed by atoms with E-state index < -0.39 is 76.7 Å². The van der Waals surface area contributed by atoms with Crippen LogP contribution in [0.25, 0.3) is 45.0 Å². The maximum Gasteiger partial charge on any atom is 0.335 e. The molecule has 744 valence electrons. The third-order valence-corrected chi connectivity index (χ3v) is 28.2. The number of benzene rings is 10. The molecule has 0 saturated carbocycles. The number of halogens is 3. The number of aliphatic imine (C=N–C) groups is 4. The number of amides is 9. The lowest BCUT2D eigenvalue weighted by Crippen LogP contribution is -2.39. The zero-order valence-corrected chi connectivity index (χ0v) is 82.7. The minimum atomic E-state index is -4.23. The summed E-state index contributed by atoms with van der Waals surface area (Å²) in [5.74, 6) is -4.97. The molecule has 0 atom stereocenters. The molecular formula is C105H92Cl3N11O22S4. The van der Waals surface area contributed by atoms with Crippen LogP contribution in [0.2, 0.25) is 15.1 Å². The zero-order chi connectivity index (χ0) is 104. The van der Waals surface area contributed by atoms with E-state index in [-0.39, 0.29) is 102 Å². The van der Waals surface area contributed by atoms with Gasteiger partial charge in [0, 0.05) is 55.8 Å². The van der Waals surface area contributed by atoms with E-state index in [4.69, 9.17) is 43.9 Å². The number of carboxylic acid groups (broad SMARTS) is 1. The van der Waals surface area contributed by atoms with Crippen molar-refractivity contribution < 1.29 is 103 Å². The lowest BCUT2D eigenvalue weighted by Gasteiger charge is -2.13. The van der Waals surface area contributed by atoms with Crippen LogP contribution in [-0.4, -0.2) is 208 Å². The monoisotopic (exact) mass is 2090 g/mol. The summed E-state index contributed by atoms with van der Waals surface area (Å²) in [5.41, 5.74) is 13.5. The van der Waals surface area contributed by atoms with E-state index in [1.54, 1.807) is 110 Å². The molecule has 145 heavy (non-hydrogen) atoms. The molecule has 20 rings (SSSR count). The van der Waals surface area contributed by atoms with Crippen molar-refractivity contribution >= 4 is 153 Å². The van der Waals surface area contributed by atoms with Gasteiger partial charge in [-0.1, -0.05) is 238 Å². The lowest BCUT2D eigenvalue weighted by molar-refractivity contribution is -0.129. The van der Waals surface area contributed by atoms with Gasteiger partial charge in [-0.2, -0.15) is 16.8 Å². The molecular weight excluding hydrogens is 2000 g/mol. The number of nitrogens with one attached hydrogen (secondary N) is 4. The number of fused-ring (bicyclic) bond motifs is 5. The highest BCUT2D eigenvalue weighted by Gasteiger charge is 2.44. The number of aromatic nitrogens is 4. The molecule has 40 heteroatoms. The summed E-state index contributed by atoms with van der Waals surface area (Å²) in [4.78, 5) is 136. The van der Waals surface area contributed by atoms with Crippen molar-refractivity contribution in [3.05, 3.63) is 365 Å². The molecule has 10 heterocycles. The van der Waals surface area contributed by atoms with Gasteiger partial charge in [-0.3, -0.25) is 52.5 Å². The fraction of sp³-hybridized carbons (Fsp3) is 0.152. The van der Waals surface area contributed by atoms with Gasteiger partial charge in [-0.15, -0.1) is 11.8 Å². The average Bonchev–Trinajstić information content (AvgIpc) is 1.57. The van der Waals surface area contributed by atoms with E-state index in [2.05, 4.69) is 40.2 Å². The Labute approximate surface area is 851 Å². The summed E-state index contributed by atoms with van der Waals surface area (Å²) in [6, 6.07) is 75.4. The number of urea groups is 1. The number of H-pyrrole nitrogens is 3. The summed E-state index contributed by atoms with van der Waals surface area (Å²) in [6.45, 7) is 9.38. The molecule has 10 aromatic carbocycles. The Morgan fingerprint density at radius 3 is 1.16 bits per heavy atom. The number of aromatic carboxylic acids is 1. The van der Waals surface area contributed by atoms with Gasteiger partial charge in [-0.05, 0) is 146 Å². The summed E-state index contributed by atoms with van der Waals surface area (Å²) in [6.07, 6.45) is 0.0643. The largest absolute Gasteiger partial charge is 0.494 e. The van der Waals surface area contributed by atoms with Crippen LogP contribution in [0.4, 0.5) is 4.79 Å². The number of rotatable bonds is 22. The Morgan fingerprint density at radius 2 is 0.786 bits per heavy atom. The van der Waals surface area contributed by atoms with Crippen molar-refractivity contribution in [3.63, 3.8) is 0 Å². The topological polar surface area (TPSA) is 518 Å². The molecule has 1 fully saturated rings. The molecule has 9 amide bonds. The van der Waals surface area contributed by atoms with Gasteiger partial charge in [0.2, 0.25) is 5.88 Å². The van der Waals surface area contributed by atoms with Crippen LogP contribution in [0.1, 0.15) is 177 Å². The van der Waals surface area contributed by atoms with Crippen LogP contribution in [0, 0.1) is 0 Å². The van der Waals surface area contributed by atoms with E-state index in [1.807, 2.05) is 159 Å². The van der Waals surface area contributed by atoms with Crippen LogP contribution < -0.4 is 5.32 Å². The molecule has 14 aromatic rings. The summed E-state index contributed by atoms with van der Waals surface area (Å²) < 4.78 is 86.2. The molecule has 6 aliphatic heterocycles. The highest BCUT2D eigenvalue weighted by molar-refractivity contribution is 7.99. The number of hydrogen-bond donors (Lipinski definition) is 11. The standard InChI is InChI=1S/C26H16Cl2N2O4.C21H17ClN2O5S2.2C18H12N2O2.C13H15NO7S2.C6H10N2O2.C2H6.CH4/c27-18-9-5-15(6-10-18)22-20-21(24(31)29-22)23(16-7-11-19(28)12-8-16)30(25(20)32)13-14-1-3-17(4-2-14)26(33)34;22-14-6-2-12(3-7-14)18-16-17(21(26)23-18)19(24-20(16)25)13-4-8-15(9-5-13)30-10-1-11-31(27,28)29;2*21-17-13-14(16(20-17)12-9-5-2-6-10-12)18(22)19-15(13)11-7-3-1-4-8-11;1-2-14-12(15)10-5-4-9(8-11(10)13(14)16)22(17,18)6-3-7-23(19,20)21;1-6(2)4(9)8(3)5(10)7-6;1-2;/h1-12,32H,13H2,(H,33,34);2-9,24-25H,1,10-11H2,(H,27,28,29);2*1-10,19,22H;4-5,8H,2-3,6-7H2,1H3,(H,19,20,21);1-3H3,(H,7,10);1-2H3;1H4. The van der Waals surface area contributed by atoms with Gasteiger partial charge in [0.25, 0.3) is 61.6 Å². The number of thioether (sulfide) groups is 1. The Hall–Kier alpha value is -15.6. The zero-order valence-electron chi connectivity index (χ0n) is 77.1. The first-order valence-corrected chi connectivity index (χ1v) is 51.2. The van der Waals surface area contributed by atoms with E-state index in [9.17, 15) is 93.9 Å². The smallest absolute Gasteiger partial charge is 0.335 e. The first-order chi connectivity index (χ1) is 68.6. The van der Waals surface area contributed by atoms with E-state index in [1.165, 1.54) is 43.1 Å². The van der Waals surface area contributed by atoms with Crippen molar-refractivity contribution in [2.24, 2.45) is 20.0 Å². The average molecular weight is 2090 g/mol. The van der Waals surface area contributed by atoms with Gasteiger partial charge >= 0.3 is 12.0 Å². The molecule has 0 bridgehead atoms. The van der Waals surface area contributed by atoms with Crippen LogP contribution in [0.15, 0.2) is 291 Å². The molecule has 6 aliphatic rings. The van der Waals surface area contributed by atoms with Gasteiger partial charge in [-0.25, -0.2) is 38.0 Å². The highest BCUT2D eigenvalue weighted by Crippen LogP contribution is 2.45. The number of likely N-dealkylation sites (N-methyl/N-ethyl adjacent to an activating group) is 1. The molecule has 0 unspecified atom stereocenters. The van der Waals surface area contributed by atoms with Crippen molar-refractivity contribution in [1.29, 1.82) is 0 Å². The van der Waals surface area contributed by atoms with Crippen molar-refractivity contribution in [2.75, 3.05) is 36.6 Å². The molecule has 33 nitrogen and oxygen atoms in total. The minimum absolute atomic E-state index is 0. The molecule has 0 spiro atoms. The molecule has 4 aromatic heterocycles. The fourth-order valence-corrected chi connectivity index (χ4v) is 20.1. The third-order valence-electron chi connectivity index (χ3n) is 22.9. The predicted octanol–water partition coefficient (Wildman–Crippen LogP) is 19.0. The molecule has 1 saturated heterocycles. The number of aromatic hydroxyl groups is 4. The summed E-state index contributed by atoms with van der Waals surface area (Å²) in [7, 11) is -10.5. The minimum Gasteiger partial charge on any atom is -0.494 e. The second-order valence-corrected chi connectivity index (χ2v) is 40.5. The Kier molecular flexibility index (Phi) is 33.1. The number of nitrogens with zero attached hydrogens (tertiary/aromatic N) is 7. The SMILES string of the molecule is C.CC.CCN1C(=O)c2ccc(S(=O)(=O)CCCS(=O)(=O)O)cc2C1=O.CN1C(=O)NC(C)(C)C1=O.O=C(O)c1ccc(Cn2c(O)c3c(c2-c2ccc(Cl)cc2)C(=O)N=C3c2ccc(Cl)cc2)cc1.O=C1N=C(c2ccc(Cl)cc2)c2c(O)[nH]c(-c3ccc(SCCCS(=O)(=O)O)cc3)c21.O=C1N=C(c2ccccc2)c2c(O)[nH]c(-c3ccccc3)c21.O=C1N=C(c2ccccc2)c2c(O)[nH]c(-c3ccccc3)c21. The Bertz CT molecular complexity index is 7760. The van der Waals surface area contributed by atoms with Gasteiger partial charge in [0.15, 0.2) is 27.5 Å². The fourth-order valence-electron chi connectivity index (χ4n) is 16.2. The lowest BCUT2D eigenvalue weighted by atomic mass is 10.0. The first-order valence-electron chi connectivity index (χ1n) is 44.2. The van der Waals surface area contributed by atoms with Gasteiger partial charge in [0.05, 0.1) is 136 Å². The van der Waals surface area contributed by atoms with Gasteiger partial charge < -0.3 is 50.4 Å².